The summed E-state index contributed by atoms with van der Waals surface area (Å²) in [4.78, 5) is 5.02. The fourth-order valence-electron chi connectivity index (χ4n) is 1.60. The van der Waals surface area contributed by atoms with Crippen molar-refractivity contribution >= 4 is 22.1 Å². The van der Waals surface area contributed by atoms with Gasteiger partial charge in [-0.25, -0.2) is 0 Å². The van der Waals surface area contributed by atoms with Gasteiger partial charge in [0, 0.05) is 10.0 Å². The summed E-state index contributed by atoms with van der Waals surface area (Å²) in [6.07, 6.45) is -3.27. The van der Waals surface area contributed by atoms with Gasteiger partial charge in [0.25, 0.3) is 0 Å². The van der Waals surface area contributed by atoms with Gasteiger partial charge in [-0.05, 0) is 23.8 Å². The minimum Gasteiger partial charge on any atom is -0.405 e. The summed E-state index contributed by atoms with van der Waals surface area (Å²) in [5.41, 5.74) is 1.07. The molecule has 116 valence electrons. The molecule has 0 amide bonds. The highest BCUT2D eigenvalue weighted by atomic mass is 79.9. The second-order valence-corrected chi connectivity index (χ2v) is 5.13. The summed E-state index contributed by atoms with van der Waals surface area (Å²) < 4.78 is 41.7. The van der Waals surface area contributed by atoms with Gasteiger partial charge in [-0.2, -0.15) is 0 Å². The van der Waals surface area contributed by atoms with Gasteiger partial charge in [0.2, 0.25) is 0 Å². The molecular formula is C15H11BrF3NO2. The molecule has 7 heteroatoms. The van der Waals surface area contributed by atoms with Gasteiger partial charge in [-0.1, -0.05) is 51.4 Å². The zero-order valence-corrected chi connectivity index (χ0v) is 12.8. The molecule has 0 atom stereocenters. The second kappa shape index (κ2) is 7.31. The molecule has 0 unspecified atom stereocenters. The van der Waals surface area contributed by atoms with Gasteiger partial charge >= 0.3 is 6.36 Å². The Hall–Kier alpha value is -2.02. The maximum absolute atomic E-state index is 12.3. The molecule has 0 aromatic heterocycles. The Morgan fingerprint density at radius 3 is 2.41 bits per heavy atom. The van der Waals surface area contributed by atoms with E-state index in [0.29, 0.717) is 0 Å². The van der Waals surface area contributed by atoms with E-state index in [-0.39, 0.29) is 17.9 Å². The van der Waals surface area contributed by atoms with Crippen molar-refractivity contribution in [3.05, 3.63) is 64.1 Å². The predicted molar refractivity (Wildman–Crippen MR) is 79.7 cm³/mol. The van der Waals surface area contributed by atoms with Gasteiger partial charge in [-0.3, -0.25) is 0 Å². The Bertz CT molecular complexity index is 642. The van der Waals surface area contributed by atoms with Crippen LogP contribution in [0.5, 0.6) is 5.75 Å². The van der Waals surface area contributed by atoms with E-state index in [2.05, 4.69) is 25.8 Å². The fourth-order valence-corrected chi connectivity index (χ4v) is 1.87. The standard InChI is InChI=1S/C15H11BrF3NO2/c16-13-7-5-11(6-8-13)9-20-21-10-12-3-1-2-4-14(12)22-15(17,18)19/h1-9H,10H2. The maximum atomic E-state index is 12.3. The first-order valence-electron chi connectivity index (χ1n) is 6.18. The van der Waals surface area contributed by atoms with Crippen molar-refractivity contribution < 1.29 is 22.7 Å². The lowest BCUT2D eigenvalue weighted by atomic mass is 10.2. The quantitative estimate of drug-likeness (QED) is 0.551. The van der Waals surface area contributed by atoms with Crippen molar-refractivity contribution in [2.24, 2.45) is 5.16 Å². The molecular weight excluding hydrogens is 363 g/mol. The number of nitrogens with zero attached hydrogens (tertiary/aromatic N) is 1. The van der Waals surface area contributed by atoms with Crippen LogP contribution in [0.3, 0.4) is 0 Å². The molecule has 0 bridgehead atoms. The molecule has 0 spiro atoms. The van der Waals surface area contributed by atoms with Crippen LogP contribution >= 0.6 is 15.9 Å². The lowest BCUT2D eigenvalue weighted by molar-refractivity contribution is -0.275. The first kappa shape index (κ1) is 16.4. The van der Waals surface area contributed by atoms with Crippen molar-refractivity contribution in [3.63, 3.8) is 0 Å². The van der Waals surface area contributed by atoms with E-state index in [1.165, 1.54) is 24.4 Å². The largest absolute Gasteiger partial charge is 0.573 e. The molecule has 0 saturated carbocycles. The Morgan fingerprint density at radius 1 is 1.05 bits per heavy atom. The average Bonchev–Trinajstić information content (AvgIpc) is 2.45. The number of halogens is 4. The van der Waals surface area contributed by atoms with E-state index >= 15 is 0 Å². The third-order valence-corrected chi connectivity index (χ3v) is 3.09. The molecule has 0 N–H and O–H groups in total. The molecule has 0 saturated heterocycles. The van der Waals surface area contributed by atoms with Crippen LogP contribution in [0.25, 0.3) is 0 Å². The summed E-state index contributed by atoms with van der Waals surface area (Å²) >= 11 is 3.31. The van der Waals surface area contributed by atoms with E-state index in [9.17, 15) is 13.2 Å². The second-order valence-electron chi connectivity index (χ2n) is 4.22. The lowest BCUT2D eigenvalue weighted by Gasteiger charge is -2.12. The third kappa shape index (κ3) is 5.40. The average molecular weight is 374 g/mol. The molecule has 2 aromatic carbocycles. The van der Waals surface area contributed by atoms with E-state index in [4.69, 9.17) is 4.84 Å². The Kier molecular flexibility index (Phi) is 5.43. The summed E-state index contributed by atoms with van der Waals surface area (Å²) in [7, 11) is 0. The third-order valence-electron chi connectivity index (χ3n) is 2.56. The highest BCUT2D eigenvalue weighted by Gasteiger charge is 2.32. The monoisotopic (exact) mass is 373 g/mol. The molecule has 0 aliphatic rings. The highest BCUT2D eigenvalue weighted by molar-refractivity contribution is 9.10. The highest BCUT2D eigenvalue weighted by Crippen LogP contribution is 2.26. The van der Waals surface area contributed by atoms with Crippen LogP contribution in [-0.2, 0) is 11.4 Å². The Labute approximate surface area is 133 Å². The van der Waals surface area contributed by atoms with E-state index in [1.807, 2.05) is 24.3 Å². The minimum atomic E-state index is -4.74. The number of hydrogen-bond acceptors (Lipinski definition) is 3. The van der Waals surface area contributed by atoms with Crippen molar-refractivity contribution in [2.75, 3.05) is 0 Å². The molecule has 2 rings (SSSR count). The van der Waals surface area contributed by atoms with Crippen molar-refractivity contribution in [2.45, 2.75) is 13.0 Å². The van der Waals surface area contributed by atoms with Gasteiger partial charge in [0.05, 0.1) is 6.21 Å². The zero-order valence-electron chi connectivity index (χ0n) is 11.2. The molecule has 2 aromatic rings. The lowest BCUT2D eigenvalue weighted by Crippen LogP contribution is -2.18. The van der Waals surface area contributed by atoms with Gasteiger partial charge in [0.1, 0.15) is 12.4 Å². The Balaban J connectivity index is 1.95. The van der Waals surface area contributed by atoms with Crippen LogP contribution in [0.1, 0.15) is 11.1 Å². The predicted octanol–water partition coefficient (Wildman–Crippen LogP) is 4.90. The van der Waals surface area contributed by atoms with Crippen LogP contribution in [-0.4, -0.2) is 12.6 Å². The van der Waals surface area contributed by atoms with Crippen LogP contribution < -0.4 is 4.74 Å². The van der Waals surface area contributed by atoms with Crippen LogP contribution in [0.2, 0.25) is 0 Å². The number of benzene rings is 2. The maximum Gasteiger partial charge on any atom is 0.573 e. The summed E-state index contributed by atoms with van der Waals surface area (Å²) in [5, 5.41) is 3.73. The zero-order chi connectivity index (χ0) is 16.0. The summed E-state index contributed by atoms with van der Waals surface area (Å²) in [6, 6.07) is 13.1. The fraction of sp³-hybridized carbons (Fsp3) is 0.133. The summed E-state index contributed by atoms with van der Waals surface area (Å²) in [5.74, 6) is -0.297. The molecule has 0 heterocycles. The first-order chi connectivity index (χ1) is 10.4. The van der Waals surface area contributed by atoms with Crippen molar-refractivity contribution in [1.82, 2.24) is 0 Å². The van der Waals surface area contributed by atoms with E-state index in [1.54, 1.807) is 6.07 Å². The topological polar surface area (TPSA) is 30.8 Å². The molecule has 0 fully saturated rings. The smallest absolute Gasteiger partial charge is 0.405 e. The number of para-hydroxylation sites is 1. The van der Waals surface area contributed by atoms with Crippen LogP contribution in [0.15, 0.2) is 58.2 Å². The number of ether oxygens (including phenoxy) is 1. The number of alkyl halides is 3. The molecule has 0 aliphatic heterocycles. The van der Waals surface area contributed by atoms with Gasteiger partial charge in [-0.15, -0.1) is 13.2 Å². The molecule has 22 heavy (non-hydrogen) atoms. The number of oxime groups is 1. The number of hydrogen-bond donors (Lipinski definition) is 0. The van der Waals surface area contributed by atoms with Crippen LogP contribution in [0, 0.1) is 0 Å². The van der Waals surface area contributed by atoms with Crippen molar-refractivity contribution in [3.8, 4) is 5.75 Å². The normalized spacial score (nSPS) is 11.6. The van der Waals surface area contributed by atoms with E-state index in [0.717, 1.165) is 10.0 Å². The Morgan fingerprint density at radius 2 is 1.73 bits per heavy atom. The minimum absolute atomic E-state index is 0.126. The van der Waals surface area contributed by atoms with Crippen molar-refractivity contribution in [1.29, 1.82) is 0 Å². The van der Waals surface area contributed by atoms with Gasteiger partial charge in [0.15, 0.2) is 0 Å². The summed E-state index contributed by atoms with van der Waals surface area (Å²) in [6.45, 7) is -0.126. The van der Waals surface area contributed by atoms with Crippen LogP contribution in [0.4, 0.5) is 13.2 Å². The van der Waals surface area contributed by atoms with E-state index < -0.39 is 6.36 Å². The van der Waals surface area contributed by atoms with Gasteiger partial charge < -0.3 is 9.57 Å². The molecule has 0 aliphatic carbocycles. The molecule has 3 nitrogen and oxygen atoms in total. The SMILES string of the molecule is FC(F)(F)Oc1ccccc1CON=Cc1ccc(Br)cc1. The number of rotatable bonds is 5. The first-order valence-corrected chi connectivity index (χ1v) is 6.98. The molecule has 0 radical (unpaired) electrons.